The van der Waals surface area contributed by atoms with E-state index >= 15 is 0 Å². The SMILES string of the molecule is COc1ccc(Cl)cc1S(=O)(=O)N1CCC(=O)N2C1=CN(C(C)C)C(=O)C2Cc1ccc(F)cc1. The molecule has 0 radical (unpaired) electrons. The first-order chi connectivity index (χ1) is 16.5. The third-order valence-corrected chi connectivity index (χ3v) is 8.06. The fourth-order valence-corrected chi connectivity index (χ4v) is 6.12. The normalized spacial score (nSPS) is 18.6. The van der Waals surface area contributed by atoms with Crippen molar-refractivity contribution in [3.05, 3.63) is 70.9 Å². The molecule has 0 aliphatic carbocycles. The molecule has 2 aromatic rings. The summed E-state index contributed by atoms with van der Waals surface area (Å²) in [6.45, 7) is 3.48. The summed E-state index contributed by atoms with van der Waals surface area (Å²) >= 11 is 6.09. The number of hydrogen-bond acceptors (Lipinski definition) is 5. The van der Waals surface area contributed by atoms with Crippen molar-refractivity contribution in [3.8, 4) is 5.75 Å². The fourth-order valence-electron chi connectivity index (χ4n) is 4.25. The number of carbonyl (C=O) groups is 2. The molecule has 2 aliphatic heterocycles. The minimum Gasteiger partial charge on any atom is -0.495 e. The Labute approximate surface area is 208 Å². The average Bonchev–Trinajstić information content (AvgIpc) is 2.81. The van der Waals surface area contributed by atoms with E-state index in [0.29, 0.717) is 5.56 Å². The molecule has 0 aromatic heterocycles. The summed E-state index contributed by atoms with van der Waals surface area (Å²) < 4.78 is 47.4. The lowest BCUT2D eigenvalue weighted by molar-refractivity contribution is -0.148. The van der Waals surface area contributed by atoms with Crippen molar-refractivity contribution < 1.29 is 27.1 Å². The van der Waals surface area contributed by atoms with Crippen molar-refractivity contribution in [1.82, 2.24) is 14.1 Å². The Bertz CT molecular complexity index is 1300. The molecule has 1 atom stereocenters. The first-order valence-corrected chi connectivity index (χ1v) is 12.8. The van der Waals surface area contributed by atoms with E-state index in [9.17, 15) is 22.4 Å². The number of nitrogens with zero attached hydrogens (tertiary/aromatic N) is 3. The zero-order chi connectivity index (χ0) is 25.5. The van der Waals surface area contributed by atoms with Crippen molar-refractivity contribution >= 4 is 33.4 Å². The van der Waals surface area contributed by atoms with Gasteiger partial charge in [-0.3, -0.25) is 14.5 Å². The molecular weight excluding hydrogens is 497 g/mol. The van der Waals surface area contributed by atoms with Gasteiger partial charge in [0.05, 0.1) is 7.11 Å². The van der Waals surface area contributed by atoms with E-state index in [2.05, 4.69) is 0 Å². The Hall–Kier alpha value is -3.11. The van der Waals surface area contributed by atoms with Crippen LogP contribution in [-0.4, -0.2) is 60.1 Å². The van der Waals surface area contributed by atoms with Gasteiger partial charge in [-0.25, -0.2) is 17.1 Å². The maximum atomic E-state index is 13.8. The number of halogens is 2. The van der Waals surface area contributed by atoms with Crippen LogP contribution in [0, 0.1) is 5.82 Å². The highest BCUT2D eigenvalue weighted by molar-refractivity contribution is 7.89. The zero-order valence-corrected chi connectivity index (χ0v) is 21.0. The van der Waals surface area contributed by atoms with Crippen LogP contribution < -0.4 is 4.74 Å². The van der Waals surface area contributed by atoms with Crippen molar-refractivity contribution in [2.45, 2.75) is 43.7 Å². The van der Waals surface area contributed by atoms with Gasteiger partial charge in [0, 0.05) is 36.7 Å². The largest absolute Gasteiger partial charge is 0.495 e. The molecular formula is C24H25ClFN3O5S. The van der Waals surface area contributed by atoms with Crippen LogP contribution in [0.25, 0.3) is 0 Å². The molecule has 186 valence electrons. The van der Waals surface area contributed by atoms with Crippen LogP contribution in [0.2, 0.25) is 5.02 Å². The van der Waals surface area contributed by atoms with Gasteiger partial charge in [0.15, 0.2) is 0 Å². The van der Waals surface area contributed by atoms with Crippen LogP contribution in [-0.2, 0) is 26.0 Å². The number of fused-ring (bicyclic) bond motifs is 1. The van der Waals surface area contributed by atoms with Crippen LogP contribution in [0.4, 0.5) is 4.39 Å². The molecule has 4 rings (SSSR count). The smallest absolute Gasteiger partial charge is 0.269 e. The number of methoxy groups -OCH3 is 1. The Kier molecular flexibility index (Phi) is 6.79. The second kappa shape index (κ2) is 9.50. The summed E-state index contributed by atoms with van der Waals surface area (Å²) in [5.74, 6) is -0.960. The highest BCUT2D eigenvalue weighted by Crippen LogP contribution is 2.37. The number of ether oxygens (including phenoxy) is 1. The van der Waals surface area contributed by atoms with Gasteiger partial charge in [-0.05, 0) is 49.7 Å². The zero-order valence-electron chi connectivity index (χ0n) is 19.4. The maximum absolute atomic E-state index is 13.8. The Balaban J connectivity index is 1.82. The molecule has 1 saturated heterocycles. The van der Waals surface area contributed by atoms with E-state index in [1.165, 1.54) is 53.4 Å². The lowest BCUT2D eigenvalue weighted by Gasteiger charge is -2.47. The fraction of sp³-hybridized carbons (Fsp3) is 0.333. The van der Waals surface area contributed by atoms with Crippen LogP contribution >= 0.6 is 11.6 Å². The molecule has 8 nitrogen and oxygen atoms in total. The molecule has 35 heavy (non-hydrogen) atoms. The monoisotopic (exact) mass is 521 g/mol. The minimum atomic E-state index is -4.22. The average molecular weight is 522 g/mol. The van der Waals surface area contributed by atoms with Gasteiger partial charge in [-0.2, -0.15) is 0 Å². The summed E-state index contributed by atoms with van der Waals surface area (Å²) in [5.41, 5.74) is 0.638. The Morgan fingerprint density at radius 1 is 1.14 bits per heavy atom. The van der Waals surface area contributed by atoms with Crippen molar-refractivity contribution in [2.75, 3.05) is 13.7 Å². The highest BCUT2D eigenvalue weighted by Gasteiger charge is 2.47. The highest BCUT2D eigenvalue weighted by atomic mass is 35.5. The van der Waals surface area contributed by atoms with E-state index in [1.807, 2.05) is 0 Å². The van der Waals surface area contributed by atoms with E-state index < -0.39 is 21.9 Å². The first-order valence-electron chi connectivity index (χ1n) is 11.0. The number of amides is 2. The van der Waals surface area contributed by atoms with Crippen LogP contribution in [0.3, 0.4) is 0 Å². The van der Waals surface area contributed by atoms with Crippen LogP contribution in [0.15, 0.2) is 59.4 Å². The number of hydrogen-bond donors (Lipinski definition) is 0. The molecule has 0 bridgehead atoms. The van der Waals surface area contributed by atoms with Gasteiger partial charge in [0.2, 0.25) is 11.8 Å². The molecule has 2 aromatic carbocycles. The van der Waals surface area contributed by atoms with E-state index in [0.717, 1.165) is 4.31 Å². The number of benzene rings is 2. The lowest BCUT2D eigenvalue weighted by Crippen LogP contribution is -2.61. The van der Waals surface area contributed by atoms with Crippen LogP contribution in [0.5, 0.6) is 5.75 Å². The van der Waals surface area contributed by atoms with E-state index in [4.69, 9.17) is 16.3 Å². The molecule has 2 aliphatic rings. The van der Waals surface area contributed by atoms with Crippen molar-refractivity contribution in [1.29, 1.82) is 0 Å². The number of sulfonamides is 1. The van der Waals surface area contributed by atoms with E-state index in [-0.39, 0.29) is 58.7 Å². The summed E-state index contributed by atoms with van der Waals surface area (Å²) in [5, 5.41) is 0.208. The second-order valence-electron chi connectivity index (χ2n) is 8.56. The van der Waals surface area contributed by atoms with Gasteiger partial charge in [-0.15, -0.1) is 0 Å². The lowest BCUT2D eigenvalue weighted by atomic mass is 10.00. The molecule has 0 N–H and O–H groups in total. The van der Waals surface area contributed by atoms with Gasteiger partial charge >= 0.3 is 0 Å². The molecule has 1 unspecified atom stereocenters. The topological polar surface area (TPSA) is 87.2 Å². The third-order valence-electron chi connectivity index (χ3n) is 6.00. The minimum absolute atomic E-state index is 0.0729. The molecule has 0 saturated carbocycles. The molecule has 0 spiro atoms. The van der Waals surface area contributed by atoms with Gasteiger partial charge < -0.3 is 9.64 Å². The molecule has 1 fully saturated rings. The first kappa shape index (κ1) is 25.0. The molecule has 2 amide bonds. The molecule has 2 heterocycles. The standard InChI is InChI=1S/C24H25ClFN3O5S/c1-15(2)27-14-22-28(35(32,33)21-13-17(25)6-9-20(21)34-3)11-10-23(30)29(22)19(24(27)31)12-16-4-7-18(26)8-5-16/h4-9,13-15,19H,10-12H2,1-3H3. The predicted molar refractivity (Wildman–Crippen MR) is 127 cm³/mol. The Morgan fingerprint density at radius 2 is 1.83 bits per heavy atom. The summed E-state index contributed by atoms with van der Waals surface area (Å²) in [6.07, 6.45) is 1.38. The summed E-state index contributed by atoms with van der Waals surface area (Å²) in [4.78, 5) is 29.0. The third kappa shape index (κ3) is 4.60. The quantitative estimate of drug-likeness (QED) is 0.581. The Morgan fingerprint density at radius 3 is 2.46 bits per heavy atom. The van der Waals surface area contributed by atoms with Crippen LogP contribution in [0.1, 0.15) is 25.8 Å². The van der Waals surface area contributed by atoms with Crippen molar-refractivity contribution in [3.63, 3.8) is 0 Å². The predicted octanol–water partition coefficient (Wildman–Crippen LogP) is 3.37. The number of carbonyl (C=O) groups excluding carboxylic acids is 2. The van der Waals surface area contributed by atoms with E-state index in [1.54, 1.807) is 26.0 Å². The summed E-state index contributed by atoms with van der Waals surface area (Å²) in [7, 11) is -2.86. The molecule has 11 heteroatoms. The summed E-state index contributed by atoms with van der Waals surface area (Å²) in [6, 6.07) is 8.62. The van der Waals surface area contributed by atoms with Gasteiger partial charge in [0.25, 0.3) is 10.0 Å². The van der Waals surface area contributed by atoms with Gasteiger partial charge in [0.1, 0.15) is 28.3 Å². The second-order valence-corrected chi connectivity index (χ2v) is 10.8. The van der Waals surface area contributed by atoms with Crippen molar-refractivity contribution in [2.24, 2.45) is 0 Å². The van der Waals surface area contributed by atoms with Gasteiger partial charge in [-0.1, -0.05) is 23.7 Å². The maximum Gasteiger partial charge on any atom is 0.269 e. The number of rotatable bonds is 6.